The number of rotatable bonds is 5. The molecule has 0 aliphatic carbocycles. The van der Waals surface area contributed by atoms with Crippen molar-refractivity contribution in [3.05, 3.63) is 46.0 Å². The lowest BCUT2D eigenvalue weighted by atomic mass is 10.2. The van der Waals surface area contributed by atoms with Crippen molar-refractivity contribution in [2.45, 2.75) is 13.0 Å². The molecule has 2 rings (SSSR count). The average Bonchev–Trinajstić information content (AvgIpc) is 3.00. The maximum Gasteiger partial charge on any atom is 0.254 e. The lowest BCUT2D eigenvalue weighted by Gasteiger charge is -2.23. The fourth-order valence-corrected chi connectivity index (χ4v) is 2.85. The first-order valence-electron chi connectivity index (χ1n) is 6.11. The summed E-state index contributed by atoms with van der Waals surface area (Å²) in [6.45, 7) is 2.37. The monoisotopic (exact) mass is 278 g/mol. The van der Waals surface area contributed by atoms with Gasteiger partial charge in [0.15, 0.2) is 0 Å². The molecule has 4 nitrogen and oxygen atoms in total. The second kappa shape index (κ2) is 6.04. The van der Waals surface area contributed by atoms with Gasteiger partial charge in [-0.3, -0.25) is 4.79 Å². The molecule has 0 saturated heterocycles. The van der Waals surface area contributed by atoms with E-state index >= 15 is 0 Å². The van der Waals surface area contributed by atoms with Crippen LogP contribution in [0, 0.1) is 6.92 Å². The van der Waals surface area contributed by atoms with Gasteiger partial charge in [-0.15, -0.1) is 11.3 Å². The van der Waals surface area contributed by atoms with Gasteiger partial charge in [-0.05, 0) is 38.5 Å². The summed E-state index contributed by atoms with van der Waals surface area (Å²) in [5.74, 6) is 0.560. The molecular weight excluding hydrogens is 260 g/mol. The summed E-state index contributed by atoms with van der Waals surface area (Å²) in [4.78, 5) is 15.4. The first-order valence-corrected chi connectivity index (χ1v) is 6.99. The number of likely N-dealkylation sites (N-methyl/N-ethyl adjacent to an activating group) is 1. The van der Waals surface area contributed by atoms with Crippen LogP contribution in [0.4, 0.5) is 0 Å². The van der Waals surface area contributed by atoms with E-state index in [0.717, 1.165) is 0 Å². The van der Waals surface area contributed by atoms with Crippen molar-refractivity contribution in [1.29, 1.82) is 0 Å². The van der Waals surface area contributed by atoms with Crippen LogP contribution in [0.25, 0.3) is 0 Å². The van der Waals surface area contributed by atoms with Gasteiger partial charge in [0.1, 0.15) is 5.76 Å². The Morgan fingerprint density at radius 3 is 2.79 bits per heavy atom. The van der Waals surface area contributed by atoms with Gasteiger partial charge in [0.2, 0.25) is 0 Å². The van der Waals surface area contributed by atoms with Crippen molar-refractivity contribution in [2.24, 2.45) is 0 Å². The van der Waals surface area contributed by atoms with Crippen molar-refractivity contribution in [1.82, 2.24) is 10.2 Å². The van der Waals surface area contributed by atoms with Gasteiger partial charge >= 0.3 is 0 Å². The number of carbonyl (C=O) groups is 1. The molecule has 19 heavy (non-hydrogen) atoms. The molecule has 0 spiro atoms. The van der Waals surface area contributed by atoms with Gasteiger partial charge in [0.25, 0.3) is 5.91 Å². The molecule has 1 amide bonds. The molecule has 0 fully saturated rings. The molecule has 0 aromatic carbocycles. The normalized spacial score (nSPS) is 12.6. The lowest BCUT2D eigenvalue weighted by Crippen LogP contribution is -2.34. The number of hydrogen-bond donors (Lipinski definition) is 1. The van der Waals surface area contributed by atoms with Crippen LogP contribution in [-0.4, -0.2) is 31.4 Å². The molecule has 102 valence electrons. The Morgan fingerprint density at radius 1 is 1.47 bits per heavy atom. The quantitative estimate of drug-likeness (QED) is 0.914. The minimum atomic E-state index is -0.0883. The Labute approximate surface area is 117 Å². The summed E-state index contributed by atoms with van der Waals surface area (Å²) in [5, 5.41) is 5.01. The summed E-state index contributed by atoms with van der Waals surface area (Å²) in [5.41, 5.74) is 0.601. The number of thiophene rings is 1. The molecule has 0 unspecified atom stereocenters. The Hall–Kier alpha value is -1.59. The highest BCUT2D eigenvalue weighted by molar-refractivity contribution is 7.10. The van der Waals surface area contributed by atoms with E-state index in [1.165, 1.54) is 11.1 Å². The summed E-state index contributed by atoms with van der Waals surface area (Å²) in [6, 6.07) is 6.00. The van der Waals surface area contributed by atoms with E-state index in [1.54, 1.807) is 24.3 Å². The molecule has 1 N–H and O–H groups in total. The highest BCUT2D eigenvalue weighted by atomic mass is 32.1. The number of hydrogen-bond acceptors (Lipinski definition) is 4. The fourth-order valence-electron chi connectivity index (χ4n) is 1.92. The molecule has 2 aromatic rings. The van der Waals surface area contributed by atoms with E-state index in [9.17, 15) is 4.79 Å². The van der Waals surface area contributed by atoms with Crippen molar-refractivity contribution < 1.29 is 9.21 Å². The van der Waals surface area contributed by atoms with Crippen LogP contribution in [0.15, 0.2) is 34.3 Å². The molecule has 0 bridgehead atoms. The first-order chi connectivity index (χ1) is 9.09. The number of nitrogens with one attached hydrogen (secondary N) is 1. The summed E-state index contributed by atoms with van der Waals surface area (Å²) in [6.07, 6.45) is 1.53. The van der Waals surface area contributed by atoms with Gasteiger partial charge in [-0.25, -0.2) is 0 Å². The second-order valence-corrected chi connectivity index (χ2v) is 5.57. The van der Waals surface area contributed by atoms with Crippen LogP contribution in [0.5, 0.6) is 0 Å². The third-order valence-corrected chi connectivity index (χ3v) is 4.03. The summed E-state index contributed by atoms with van der Waals surface area (Å²) in [7, 11) is 4.03. The van der Waals surface area contributed by atoms with Gasteiger partial charge in [0, 0.05) is 11.4 Å². The molecule has 5 heteroatoms. The number of carbonyl (C=O) groups excluding carboxylic acids is 1. The first kappa shape index (κ1) is 13.8. The largest absolute Gasteiger partial charge is 0.469 e. The molecule has 2 aromatic heterocycles. The number of aryl methyl sites for hydroxylation is 1. The minimum Gasteiger partial charge on any atom is -0.469 e. The van der Waals surface area contributed by atoms with Crippen molar-refractivity contribution in [3.63, 3.8) is 0 Å². The van der Waals surface area contributed by atoms with Crippen LogP contribution in [0.3, 0.4) is 0 Å². The predicted octanol–water partition coefficient (Wildman–Crippen LogP) is 2.68. The number of amides is 1. The maximum absolute atomic E-state index is 12.0. The van der Waals surface area contributed by atoms with E-state index in [0.29, 0.717) is 17.9 Å². The minimum absolute atomic E-state index is 0.0883. The molecule has 0 saturated carbocycles. The van der Waals surface area contributed by atoms with Crippen LogP contribution in [0.2, 0.25) is 0 Å². The van der Waals surface area contributed by atoms with E-state index in [-0.39, 0.29) is 11.9 Å². The summed E-state index contributed by atoms with van der Waals surface area (Å²) >= 11 is 1.70. The van der Waals surface area contributed by atoms with Gasteiger partial charge in [-0.1, -0.05) is 6.07 Å². The van der Waals surface area contributed by atoms with Crippen LogP contribution >= 0.6 is 11.3 Å². The smallest absolute Gasteiger partial charge is 0.254 e. The Morgan fingerprint density at radius 2 is 2.26 bits per heavy atom. The third-order valence-electron chi connectivity index (χ3n) is 3.05. The van der Waals surface area contributed by atoms with E-state index in [1.807, 2.05) is 25.5 Å². The van der Waals surface area contributed by atoms with E-state index in [4.69, 9.17) is 4.42 Å². The third kappa shape index (κ3) is 3.24. The standard InChI is InChI=1S/C14H18N2O2S/c1-10-11(6-7-18-10)14(17)15-9-12(16(2)3)13-5-4-8-19-13/h4-8,12H,9H2,1-3H3,(H,15,17)/t12-/m1/s1. The highest BCUT2D eigenvalue weighted by Gasteiger charge is 2.18. The Balaban J connectivity index is 2.00. The Kier molecular flexibility index (Phi) is 4.39. The summed E-state index contributed by atoms with van der Waals surface area (Å²) < 4.78 is 5.14. The van der Waals surface area contributed by atoms with E-state index < -0.39 is 0 Å². The molecular formula is C14H18N2O2S. The molecule has 0 aliphatic heterocycles. The zero-order chi connectivity index (χ0) is 13.8. The molecule has 0 aliphatic rings. The predicted molar refractivity (Wildman–Crippen MR) is 76.5 cm³/mol. The number of nitrogens with zero attached hydrogens (tertiary/aromatic N) is 1. The van der Waals surface area contributed by atoms with Gasteiger partial charge in [0.05, 0.1) is 17.9 Å². The lowest BCUT2D eigenvalue weighted by molar-refractivity contribution is 0.0941. The van der Waals surface area contributed by atoms with Gasteiger partial charge in [-0.2, -0.15) is 0 Å². The molecule has 2 heterocycles. The van der Waals surface area contributed by atoms with Crippen LogP contribution < -0.4 is 5.32 Å². The average molecular weight is 278 g/mol. The SMILES string of the molecule is Cc1occc1C(=O)NC[C@H](c1cccs1)N(C)C. The van der Waals surface area contributed by atoms with Crippen LogP contribution in [0.1, 0.15) is 27.0 Å². The molecule has 1 atom stereocenters. The second-order valence-electron chi connectivity index (χ2n) is 4.60. The van der Waals surface area contributed by atoms with E-state index in [2.05, 4.69) is 16.3 Å². The number of furan rings is 1. The topological polar surface area (TPSA) is 45.5 Å². The van der Waals surface area contributed by atoms with Crippen molar-refractivity contribution in [2.75, 3.05) is 20.6 Å². The van der Waals surface area contributed by atoms with Gasteiger partial charge < -0.3 is 14.6 Å². The van der Waals surface area contributed by atoms with Crippen LogP contribution in [-0.2, 0) is 0 Å². The molecule has 0 radical (unpaired) electrons. The Bertz CT molecular complexity index is 531. The maximum atomic E-state index is 12.0. The van der Waals surface area contributed by atoms with Crippen molar-refractivity contribution >= 4 is 17.2 Å². The fraction of sp³-hybridized carbons (Fsp3) is 0.357. The zero-order valence-electron chi connectivity index (χ0n) is 11.3. The zero-order valence-corrected chi connectivity index (χ0v) is 12.2. The highest BCUT2D eigenvalue weighted by Crippen LogP contribution is 2.22. The van der Waals surface area contributed by atoms with Crippen molar-refractivity contribution in [3.8, 4) is 0 Å².